The summed E-state index contributed by atoms with van der Waals surface area (Å²) in [6.45, 7) is 8.34. The van der Waals surface area contributed by atoms with Gasteiger partial charge in [-0.15, -0.1) is 0 Å². The van der Waals surface area contributed by atoms with E-state index in [0.717, 1.165) is 22.5 Å². The fourth-order valence-corrected chi connectivity index (χ4v) is 2.59. The summed E-state index contributed by atoms with van der Waals surface area (Å²) in [5, 5.41) is 6.83. The third kappa shape index (κ3) is 3.18. The molecule has 0 aliphatic carbocycles. The Kier molecular flexibility index (Phi) is 4.38. The second-order valence-corrected chi connectivity index (χ2v) is 6.20. The summed E-state index contributed by atoms with van der Waals surface area (Å²) in [7, 11) is 0. The van der Waals surface area contributed by atoms with E-state index in [1.54, 1.807) is 12.1 Å². The van der Waals surface area contributed by atoms with Gasteiger partial charge in [0.05, 0.1) is 5.69 Å². The van der Waals surface area contributed by atoms with Crippen molar-refractivity contribution in [2.75, 3.05) is 6.54 Å². The van der Waals surface area contributed by atoms with Crippen molar-refractivity contribution in [3.05, 3.63) is 46.7 Å². The van der Waals surface area contributed by atoms with Crippen molar-refractivity contribution in [3.8, 4) is 0 Å². The number of hydrogen-bond donors (Lipinski definition) is 1. The van der Waals surface area contributed by atoms with Crippen molar-refractivity contribution in [2.45, 2.75) is 40.0 Å². The van der Waals surface area contributed by atoms with Crippen molar-refractivity contribution in [1.29, 1.82) is 0 Å². The molecule has 1 aromatic carbocycles. The number of hydrogen-bond acceptors (Lipinski definition) is 5. The van der Waals surface area contributed by atoms with E-state index in [0.29, 0.717) is 30.0 Å². The predicted octanol–water partition coefficient (Wildman–Crippen LogP) is 3.53. The van der Waals surface area contributed by atoms with Gasteiger partial charge < -0.3 is 14.3 Å². The number of aryl methyl sites for hydroxylation is 2. The summed E-state index contributed by atoms with van der Waals surface area (Å²) >= 11 is 0. The molecule has 0 unspecified atom stereocenters. The lowest BCUT2D eigenvalue weighted by atomic mass is 10.1. The molecule has 0 saturated carbocycles. The van der Waals surface area contributed by atoms with Gasteiger partial charge in [0, 0.05) is 23.6 Å². The van der Waals surface area contributed by atoms with Gasteiger partial charge in [-0.25, -0.2) is 4.98 Å². The number of carbonyl (C=O) groups is 1. The Balaban J connectivity index is 1.67. The second kappa shape index (κ2) is 6.47. The molecular weight excluding hydrogens is 306 g/mol. The molecule has 0 bridgehead atoms. The number of nitrogens with one attached hydrogen (secondary N) is 1. The third-order valence-corrected chi connectivity index (χ3v) is 4.00. The molecule has 6 nitrogen and oxygen atoms in total. The van der Waals surface area contributed by atoms with Crippen molar-refractivity contribution in [1.82, 2.24) is 15.5 Å². The first-order valence-corrected chi connectivity index (χ1v) is 8.06. The molecule has 24 heavy (non-hydrogen) atoms. The highest BCUT2D eigenvalue weighted by Gasteiger charge is 2.13. The van der Waals surface area contributed by atoms with E-state index in [1.165, 1.54) is 0 Å². The van der Waals surface area contributed by atoms with Crippen LogP contribution >= 0.6 is 0 Å². The molecule has 6 heteroatoms. The summed E-state index contributed by atoms with van der Waals surface area (Å²) < 4.78 is 10.8. The number of rotatable bonds is 5. The number of oxazole rings is 1. The highest BCUT2D eigenvalue weighted by molar-refractivity contribution is 5.97. The smallest absolute Gasteiger partial charge is 0.251 e. The zero-order valence-corrected chi connectivity index (χ0v) is 14.3. The lowest BCUT2D eigenvalue weighted by Gasteiger charge is -2.05. The van der Waals surface area contributed by atoms with Crippen molar-refractivity contribution >= 4 is 17.0 Å². The SMILES string of the molecule is Cc1noc(C)c1CCNC(=O)c1ccc2nc(C(C)C)oc2c1. The maximum Gasteiger partial charge on any atom is 0.251 e. The summed E-state index contributed by atoms with van der Waals surface area (Å²) in [5.74, 6) is 1.56. The Morgan fingerprint density at radius 3 is 2.75 bits per heavy atom. The largest absolute Gasteiger partial charge is 0.440 e. The van der Waals surface area contributed by atoms with Crippen LogP contribution in [0, 0.1) is 13.8 Å². The van der Waals surface area contributed by atoms with Crippen molar-refractivity contribution in [3.63, 3.8) is 0 Å². The highest BCUT2D eigenvalue weighted by Crippen LogP contribution is 2.22. The molecular formula is C18H21N3O3. The van der Waals surface area contributed by atoms with Crippen LogP contribution in [0.15, 0.2) is 27.1 Å². The summed E-state index contributed by atoms with van der Waals surface area (Å²) in [6, 6.07) is 5.31. The van der Waals surface area contributed by atoms with Gasteiger partial charge in [-0.2, -0.15) is 0 Å². The molecule has 1 N–H and O–H groups in total. The van der Waals surface area contributed by atoms with E-state index in [2.05, 4.69) is 15.5 Å². The van der Waals surface area contributed by atoms with Crippen molar-refractivity contribution in [2.24, 2.45) is 0 Å². The summed E-state index contributed by atoms with van der Waals surface area (Å²) in [4.78, 5) is 16.7. The second-order valence-electron chi connectivity index (χ2n) is 6.20. The van der Waals surface area contributed by atoms with E-state index in [1.807, 2.05) is 33.8 Å². The normalized spacial score (nSPS) is 11.4. The van der Waals surface area contributed by atoms with Gasteiger partial charge in [0.2, 0.25) is 0 Å². The molecule has 0 radical (unpaired) electrons. The van der Waals surface area contributed by atoms with Gasteiger partial charge in [0.1, 0.15) is 11.3 Å². The fourth-order valence-electron chi connectivity index (χ4n) is 2.59. The Morgan fingerprint density at radius 2 is 2.08 bits per heavy atom. The zero-order chi connectivity index (χ0) is 17.3. The molecule has 2 aromatic heterocycles. The molecule has 3 rings (SSSR count). The summed E-state index contributed by atoms with van der Waals surface area (Å²) in [5.41, 5.74) is 3.88. The van der Waals surface area contributed by atoms with E-state index in [-0.39, 0.29) is 11.8 Å². The zero-order valence-electron chi connectivity index (χ0n) is 14.3. The average molecular weight is 327 g/mol. The molecule has 0 saturated heterocycles. The van der Waals surface area contributed by atoms with Crippen LogP contribution in [0.4, 0.5) is 0 Å². The van der Waals surface area contributed by atoms with Crippen LogP contribution in [-0.4, -0.2) is 22.6 Å². The number of aromatic nitrogens is 2. The number of amides is 1. The van der Waals surface area contributed by atoms with E-state index < -0.39 is 0 Å². The molecule has 0 fully saturated rings. The number of carbonyl (C=O) groups excluding carboxylic acids is 1. The number of nitrogens with zero attached hydrogens (tertiary/aromatic N) is 2. The monoisotopic (exact) mass is 327 g/mol. The van der Waals surface area contributed by atoms with Gasteiger partial charge in [0.15, 0.2) is 11.5 Å². The van der Waals surface area contributed by atoms with Crippen LogP contribution in [0.25, 0.3) is 11.1 Å². The molecule has 0 atom stereocenters. The lowest BCUT2D eigenvalue weighted by molar-refractivity contribution is 0.0954. The quantitative estimate of drug-likeness (QED) is 0.775. The molecule has 1 amide bonds. The lowest BCUT2D eigenvalue weighted by Crippen LogP contribution is -2.25. The first-order chi connectivity index (χ1) is 11.5. The Morgan fingerprint density at radius 1 is 1.29 bits per heavy atom. The Labute approximate surface area is 140 Å². The molecule has 0 aliphatic heterocycles. The van der Waals surface area contributed by atoms with Crippen molar-refractivity contribution < 1.29 is 13.7 Å². The van der Waals surface area contributed by atoms with Gasteiger partial charge >= 0.3 is 0 Å². The van der Waals surface area contributed by atoms with Gasteiger partial charge in [-0.3, -0.25) is 4.79 Å². The minimum absolute atomic E-state index is 0.133. The van der Waals surface area contributed by atoms with Crippen LogP contribution in [0.5, 0.6) is 0 Å². The van der Waals surface area contributed by atoms with Crippen LogP contribution in [0.3, 0.4) is 0 Å². The third-order valence-electron chi connectivity index (χ3n) is 4.00. The summed E-state index contributed by atoms with van der Waals surface area (Å²) in [6.07, 6.45) is 0.689. The molecule has 2 heterocycles. The number of fused-ring (bicyclic) bond motifs is 1. The van der Waals surface area contributed by atoms with E-state index in [9.17, 15) is 4.79 Å². The Hall–Kier alpha value is -2.63. The molecule has 3 aromatic rings. The maximum atomic E-state index is 12.3. The number of benzene rings is 1. The van der Waals surface area contributed by atoms with Crippen LogP contribution < -0.4 is 5.32 Å². The predicted molar refractivity (Wildman–Crippen MR) is 90.1 cm³/mol. The van der Waals surface area contributed by atoms with Crippen LogP contribution in [0.2, 0.25) is 0 Å². The van der Waals surface area contributed by atoms with E-state index in [4.69, 9.17) is 8.94 Å². The van der Waals surface area contributed by atoms with E-state index >= 15 is 0 Å². The minimum atomic E-state index is -0.133. The first-order valence-electron chi connectivity index (χ1n) is 8.06. The van der Waals surface area contributed by atoms with Crippen LogP contribution in [0.1, 0.15) is 53.0 Å². The molecule has 0 aliphatic rings. The minimum Gasteiger partial charge on any atom is -0.440 e. The highest BCUT2D eigenvalue weighted by atomic mass is 16.5. The maximum absolute atomic E-state index is 12.3. The van der Waals surface area contributed by atoms with Crippen LogP contribution in [-0.2, 0) is 6.42 Å². The van der Waals surface area contributed by atoms with Gasteiger partial charge in [0.25, 0.3) is 5.91 Å². The first kappa shape index (κ1) is 16.2. The molecule has 0 spiro atoms. The van der Waals surface area contributed by atoms with Gasteiger partial charge in [-0.05, 0) is 38.5 Å². The molecule has 126 valence electrons. The topological polar surface area (TPSA) is 81.2 Å². The Bertz CT molecular complexity index is 857. The fraction of sp³-hybridized carbons (Fsp3) is 0.389. The average Bonchev–Trinajstić information content (AvgIpc) is 3.12. The standard InChI is InChI=1S/C18H21N3O3/c1-10(2)18-20-15-6-5-13(9-16(15)23-18)17(22)19-8-7-14-11(3)21-24-12(14)4/h5-6,9-10H,7-8H2,1-4H3,(H,19,22). The van der Waals surface area contributed by atoms with Gasteiger partial charge in [-0.1, -0.05) is 19.0 Å².